The number of hydrogen-bond donors (Lipinski definition) is 0. The predicted octanol–water partition coefficient (Wildman–Crippen LogP) is 2.87. The van der Waals surface area contributed by atoms with E-state index in [2.05, 4.69) is 15.9 Å². The van der Waals surface area contributed by atoms with Crippen molar-refractivity contribution in [3.63, 3.8) is 0 Å². The molecule has 0 bridgehead atoms. The van der Waals surface area contributed by atoms with Crippen LogP contribution in [-0.2, 0) is 4.74 Å². The van der Waals surface area contributed by atoms with Crippen molar-refractivity contribution in [1.29, 1.82) is 0 Å². The number of carbonyl (C=O) groups is 1. The van der Waals surface area contributed by atoms with Crippen molar-refractivity contribution >= 4 is 21.9 Å². The Balaban J connectivity index is 2.44. The van der Waals surface area contributed by atoms with Crippen molar-refractivity contribution < 1.29 is 9.53 Å². The second-order valence-corrected chi connectivity index (χ2v) is 3.87. The zero-order chi connectivity index (χ0) is 10.4. The van der Waals surface area contributed by atoms with Crippen LogP contribution >= 0.6 is 15.9 Å². The molecule has 0 unspecified atom stereocenters. The Morgan fingerprint density at radius 2 is 2.07 bits per heavy atom. The number of halogens is 1. The number of esters is 1. The first-order valence-electron chi connectivity index (χ1n) is 4.52. The topological polar surface area (TPSA) is 26.3 Å². The summed E-state index contributed by atoms with van der Waals surface area (Å²) in [5.41, 5.74) is 0.606. The molecule has 76 valence electrons. The van der Waals surface area contributed by atoms with Crippen LogP contribution in [0.3, 0.4) is 0 Å². The Labute approximate surface area is 92.4 Å². The van der Waals surface area contributed by atoms with Crippen LogP contribution in [0.2, 0.25) is 0 Å². The summed E-state index contributed by atoms with van der Waals surface area (Å²) in [5, 5.41) is 0.842. The third-order valence-corrected chi connectivity index (χ3v) is 2.88. The normalized spacial score (nSPS) is 12.1. The SMILES string of the molecule is C[C@H](CBr)COC(=O)c1ccccc1. The molecular weight excluding hydrogens is 244 g/mol. The van der Waals surface area contributed by atoms with E-state index >= 15 is 0 Å². The molecule has 2 nitrogen and oxygen atoms in total. The van der Waals surface area contributed by atoms with E-state index in [1.165, 1.54) is 0 Å². The van der Waals surface area contributed by atoms with Gasteiger partial charge in [0.2, 0.25) is 0 Å². The molecule has 1 atom stereocenters. The lowest BCUT2D eigenvalue weighted by atomic mass is 10.2. The lowest BCUT2D eigenvalue weighted by Crippen LogP contribution is -2.12. The van der Waals surface area contributed by atoms with Crippen LogP contribution in [0, 0.1) is 5.92 Å². The molecule has 1 rings (SSSR count). The van der Waals surface area contributed by atoms with Gasteiger partial charge in [0, 0.05) is 5.33 Å². The van der Waals surface area contributed by atoms with Crippen LogP contribution in [0.1, 0.15) is 17.3 Å². The van der Waals surface area contributed by atoms with Crippen molar-refractivity contribution in [2.24, 2.45) is 5.92 Å². The average Bonchev–Trinajstić information content (AvgIpc) is 2.26. The summed E-state index contributed by atoms with van der Waals surface area (Å²) in [4.78, 5) is 11.4. The molecule has 0 saturated heterocycles. The van der Waals surface area contributed by atoms with E-state index in [1.54, 1.807) is 12.1 Å². The minimum Gasteiger partial charge on any atom is -0.462 e. The number of benzene rings is 1. The highest BCUT2D eigenvalue weighted by Gasteiger charge is 2.07. The van der Waals surface area contributed by atoms with Gasteiger partial charge >= 0.3 is 5.97 Å². The summed E-state index contributed by atoms with van der Waals surface area (Å²) in [5.74, 6) is 0.0982. The van der Waals surface area contributed by atoms with E-state index in [9.17, 15) is 4.79 Å². The van der Waals surface area contributed by atoms with E-state index in [4.69, 9.17) is 4.74 Å². The molecule has 0 amide bonds. The highest BCUT2D eigenvalue weighted by molar-refractivity contribution is 9.09. The number of carbonyl (C=O) groups excluding carboxylic acids is 1. The molecule has 0 heterocycles. The Bertz CT molecular complexity index is 285. The van der Waals surface area contributed by atoms with Crippen molar-refractivity contribution in [2.45, 2.75) is 6.92 Å². The predicted molar refractivity (Wildman–Crippen MR) is 59.7 cm³/mol. The second-order valence-electron chi connectivity index (χ2n) is 3.22. The molecule has 0 spiro atoms. The van der Waals surface area contributed by atoms with Gasteiger partial charge in [-0.2, -0.15) is 0 Å². The van der Waals surface area contributed by atoms with Gasteiger partial charge in [-0.05, 0) is 18.1 Å². The summed E-state index contributed by atoms with van der Waals surface area (Å²) in [6.07, 6.45) is 0. The molecule has 0 aromatic heterocycles. The van der Waals surface area contributed by atoms with Gasteiger partial charge in [0.15, 0.2) is 0 Å². The monoisotopic (exact) mass is 256 g/mol. The lowest BCUT2D eigenvalue weighted by Gasteiger charge is -2.08. The number of rotatable bonds is 4. The average molecular weight is 257 g/mol. The Morgan fingerprint density at radius 1 is 1.43 bits per heavy atom. The van der Waals surface area contributed by atoms with Gasteiger partial charge in [-0.15, -0.1) is 0 Å². The Kier molecular flexibility index (Phi) is 4.66. The van der Waals surface area contributed by atoms with Gasteiger partial charge in [0.05, 0.1) is 12.2 Å². The molecule has 0 fully saturated rings. The summed E-state index contributed by atoms with van der Waals surface area (Å²) in [6.45, 7) is 2.48. The molecule has 0 N–H and O–H groups in total. The van der Waals surface area contributed by atoms with E-state index in [0.29, 0.717) is 18.1 Å². The smallest absolute Gasteiger partial charge is 0.338 e. The molecule has 0 aliphatic carbocycles. The van der Waals surface area contributed by atoms with Gasteiger partial charge in [-0.3, -0.25) is 0 Å². The third kappa shape index (κ3) is 3.50. The van der Waals surface area contributed by atoms with E-state index < -0.39 is 0 Å². The summed E-state index contributed by atoms with van der Waals surface area (Å²) in [6, 6.07) is 9.02. The summed E-state index contributed by atoms with van der Waals surface area (Å²) in [7, 11) is 0. The standard InChI is InChI=1S/C11H13BrO2/c1-9(7-12)8-14-11(13)10-5-3-2-4-6-10/h2-6,9H,7-8H2,1H3/t9-/m1/s1. The van der Waals surface area contributed by atoms with Gasteiger partial charge < -0.3 is 4.74 Å². The van der Waals surface area contributed by atoms with E-state index in [0.717, 1.165) is 5.33 Å². The van der Waals surface area contributed by atoms with Crippen molar-refractivity contribution in [1.82, 2.24) is 0 Å². The molecule has 1 aromatic rings. The number of hydrogen-bond acceptors (Lipinski definition) is 2. The minimum atomic E-state index is -0.251. The van der Waals surface area contributed by atoms with E-state index in [1.807, 2.05) is 25.1 Å². The van der Waals surface area contributed by atoms with Gasteiger partial charge in [0.25, 0.3) is 0 Å². The fourth-order valence-electron chi connectivity index (χ4n) is 0.920. The highest BCUT2D eigenvalue weighted by Crippen LogP contribution is 2.05. The van der Waals surface area contributed by atoms with Crippen LogP contribution in [0.25, 0.3) is 0 Å². The summed E-state index contributed by atoms with van der Waals surface area (Å²) < 4.78 is 5.11. The molecule has 3 heteroatoms. The second kappa shape index (κ2) is 5.81. The summed E-state index contributed by atoms with van der Waals surface area (Å²) >= 11 is 3.33. The first-order valence-corrected chi connectivity index (χ1v) is 5.64. The van der Waals surface area contributed by atoms with Crippen molar-refractivity contribution in [3.05, 3.63) is 35.9 Å². The lowest BCUT2D eigenvalue weighted by molar-refractivity contribution is 0.0462. The third-order valence-electron chi connectivity index (χ3n) is 1.77. The van der Waals surface area contributed by atoms with Gasteiger partial charge in [-0.25, -0.2) is 4.79 Å². The quantitative estimate of drug-likeness (QED) is 0.612. The largest absolute Gasteiger partial charge is 0.462 e. The fraction of sp³-hybridized carbons (Fsp3) is 0.364. The number of ether oxygens (including phenoxy) is 1. The van der Waals surface area contributed by atoms with Crippen molar-refractivity contribution in [2.75, 3.05) is 11.9 Å². The maximum Gasteiger partial charge on any atom is 0.338 e. The maximum absolute atomic E-state index is 11.4. The zero-order valence-corrected chi connectivity index (χ0v) is 9.66. The first kappa shape index (κ1) is 11.2. The van der Waals surface area contributed by atoms with Crippen LogP contribution in [0.15, 0.2) is 30.3 Å². The van der Waals surface area contributed by atoms with Gasteiger partial charge in [-0.1, -0.05) is 41.1 Å². The molecule has 14 heavy (non-hydrogen) atoms. The Hall–Kier alpha value is -0.830. The molecule has 0 radical (unpaired) electrons. The zero-order valence-electron chi connectivity index (χ0n) is 8.07. The van der Waals surface area contributed by atoms with E-state index in [-0.39, 0.29) is 5.97 Å². The highest BCUT2D eigenvalue weighted by atomic mass is 79.9. The van der Waals surface area contributed by atoms with Crippen LogP contribution in [-0.4, -0.2) is 17.9 Å². The molecule has 0 saturated carbocycles. The maximum atomic E-state index is 11.4. The fourth-order valence-corrected chi connectivity index (χ4v) is 1.11. The molecule has 0 aliphatic rings. The van der Waals surface area contributed by atoms with Gasteiger partial charge in [0.1, 0.15) is 0 Å². The minimum absolute atomic E-state index is 0.251. The molecular formula is C11H13BrO2. The molecule has 1 aromatic carbocycles. The van der Waals surface area contributed by atoms with Crippen LogP contribution < -0.4 is 0 Å². The number of alkyl halides is 1. The Morgan fingerprint density at radius 3 is 2.64 bits per heavy atom. The van der Waals surface area contributed by atoms with Crippen LogP contribution in [0.4, 0.5) is 0 Å². The molecule has 0 aliphatic heterocycles. The van der Waals surface area contributed by atoms with Crippen molar-refractivity contribution in [3.8, 4) is 0 Å². The first-order chi connectivity index (χ1) is 6.74. The van der Waals surface area contributed by atoms with Crippen LogP contribution in [0.5, 0.6) is 0 Å².